The molecule has 1 rings (SSSR count). The molecule has 0 aliphatic carbocycles. The molecule has 26 heavy (non-hydrogen) atoms. The Labute approximate surface area is 153 Å². The minimum Gasteiger partial charge on any atom is -0.480 e. The van der Waals surface area contributed by atoms with Gasteiger partial charge in [0.15, 0.2) is 0 Å². The van der Waals surface area contributed by atoms with Gasteiger partial charge in [-0.3, -0.25) is 19.7 Å². The van der Waals surface area contributed by atoms with Gasteiger partial charge in [0.05, 0.1) is 0 Å². The van der Waals surface area contributed by atoms with E-state index in [1.165, 1.54) is 6.92 Å². The highest BCUT2D eigenvalue weighted by molar-refractivity contribution is 5.77. The summed E-state index contributed by atoms with van der Waals surface area (Å²) in [6.45, 7) is 4.98. The predicted octanol–water partition coefficient (Wildman–Crippen LogP) is 1.19. The van der Waals surface area contributed by atoms with Crippen LogP contribution in [-0.4, -0.2) is 51.4 Å². The van der Waals surface area contributed by atoms with E-state index in [9.17, 15) is 14.4 Å². The number of nitrogens with two attached hydrogens (primary N) is 1. The summed E-state index contributed by atoms with van der Waals surface area (Å²) in [5, 5.41) is 28.6. The van der Waals surface area contributed by atoms with Crippen molar-refractivity contribution >= 4 is 17.9 Å². The number of aryl methyl sites for hydroxylation is 1. The van der Waals surface area contributed by atoms with E-state index in [0.29, 0.717) is 12.8 Å². The van der Waals surface area contributed by atoms with Crippen LogP contribution < -0.4 is 11.1 Å². The monoisotopic (exact) mass is 368 g/mol. The molecule has 1 aromatic rings. The fraction of sp³-hybridized carbons (Fsp3) is 0.500. The first-order valence-corrected chi connectivity index (χ1v) is 8.30. The van der Waals surface area contributed by atoms with Crippen molar-refractivity contribution in [3.05, 3.63) is 35.9 Å². The van der Waals surface area contributed by atoms with E-state index in [1.807, 2.05) is 30.3 Å². The molecule has 0 radical (unpaired) electrons. The minimum absolute atomic E-state index is 0.0208. The number of carboxylic acid groups (broad SMARTS) is 3. The number of carbonyl (C=O) groups is 3. The summed E-state index contributed by atoms with van der Waals surface area (Å²) in [4.78, 5) is 31.7. The van der Waals surface area contributed by atoms with Crippen molar-refractivity contribution in [2.75, 3.05) is 0 Å². The number of aliphatic carboxylic acids is 3. The first-order chi connectivity index (χ1) is 12.1. The van der Waals surface area contributed by atoms with Crippen molar-refractivity contribution in [2.45, 2.75) is 51.7 Å². The SMILES string of the molecule is CC(C)C(N)C(=O)O.C[C@@H](N[C@@H](CCc1ccccc1)C(=O)O)C(=O)O. The molecule has 0 bridgehead atoms. The van der Waals surface area contributed by atoms with Crippen molar-refractivity contribution < 1.29 is 29.7 Å². The maximum Gasteiger partial charge on any atom is 0.320 e. The second-order valence-corrected chi connectivity index (χ2v) is 6.25. The molecule has 8 nitrogen and oxygen atoms in total. The van der Waals surface area contributed by atoms with Crippen LogP contribution in [0.15, 0.2) is 30.3 Å². The van der Waals surface area contributed by atoms with E-state index in [1.54, 1.807) is 13.8 Å². The van der Waals surface area contributed by atoms with Crippen molar-refractivity contribution in [1.29, 1.82) is 0 Å². The Morgan fingerprint density at radius 3 is 1.85 bits per heavy atom. The normalized spacial score (nSPS) is 13.9. The van der Waals surface area contributed by atoms with E-state index in [0.717, 1.165) is 5.56 Å². The predicted molar refractivity (Wildman–Crippen MR) is 96.9 cm³/mol. The van der Waals surface area contributed by atoms with E-state index in [4.69, 9.17) is 21.1 Å². The van der Waals surface area contributed by atoms with Gasteiger partial charge in [0.2, 0.25) is 0 Å². The molecule has 146 valence electrons. The van der Waals surface area contributed by atoms with Gasteiger partial charge in [-0.1, -0.05) is 44.2 Å². The standard InChI is InChI=1S/C13H17NO4.C5H11NO2/c1-9(12(15)16)14-11(13(17)18)8-7-10-5-3-2-4-6-10;1-3(2)4(6)5(7)8/h2-6,9,11,14H,7-8H2,1H3,(H,15,16)(H,17,18);3-4H,6H2,1-2H3,(H,7,8)/t9-,11+;/m1./s1. The molecule has 1 unspecified atom stereocenters. The summed E-state index contributed by atoms with van der Waals surface area (Å²) in [6.07, 6.45) is 0.952. The molecule has 0 amide bonds. The molecule has 0 aliphatic rings. The highest BCUT2D eigenvalue weighted by Crippen LogP contribution is 2.06. The van der Waals surface area contributed by atoms with Gasteiger partial charge in [-0.25, -0.2) is 0 Å². The second-order valence-electron chi connectivity index (χ2n) is 6.25. The zero-order valence-corrected chi connectivity index (χ0v) is 15.3. The van der Waals surface area contributed by atoms with Crippen LogP contribution in [0.1, 0.15) is 32.8 Å². The topological polar surface area (TPSA) is 150 Å². The largest absolute Gasteiger partial charge is 0.480 e. The van der Waals surface area contributed by atoms with Crippen molar-refractivity contribution in [2.24, 2.45) is 11.7 Å². The fourth-order valence-corrected chi connectivity index (χ4v) is 1.89. The maximum atomic E-state index is 11.0. The Kier molecular flexibility index (Phi) is 10.9. The molecule has 1 aromatic carbocycles. The lowest BCUT2D eigenvalue weighted by Crippen LogP contribution is -2.45. The van der Waals surface area contributed by atoms with Crippen LogP contribution in [0.25, 0.3) is 0 Å². The van der Waals surface area contributed by atoms with Crippen LogP contribution in [0.5, 0.6) is 0 Å². The third kappa shape index (κ3) is 9.75. The van der Waals surface area contributed by atoms with Crippen LogP contribution >= 0.6 is 0 Å². The summed E-state index contributed by atoms with van der Waals surface area (Å²) < 4.78 is 0. The summed E-state index contributed by atoms with van der Waals surface area (Å²) in [5.74, 6) is -2.99. The Morgan fingerprint density at radius 2 is 1.50 bits per heavy atom. The molecule has 3 atom stereocenters. The van der Waals surface area contributed by atoms with Crippen LogP contribution in [0.2, 0.25) is 0 Å². The number of hydrogen-bond donors (Lipinski definition) is 5. The average molecular weight is 368 g/mol. The second kappa shape index (κ2) is 12.0. The van der Waals surface area contributed by atoms with Gasteiger partial charge < -0.3 is 21.1 Å². The molecule has 0 heterocycles. The number of carboxylic acids is 3. The first-order valence-electron chi connectivity index (χ1n) is 8.30. The lowest BCUT2D eigenvalue weighted by Gasteiger charge is -2.17. The molecule has 0 fully saturated rings. The number of hydrogen-bond acceptors (Lipinski definition) is 5. The van der Waals surface area contributed by atoms with Crippen molar-refractivity contribution in [1.82, 2.24) is 5.32 Å². The zero-order valence-electron chi connectivity index (χ0n) is 15.3. The van der Waals surface area contributed by atoms with E-state index in [2.05, 4.69) is 5.32 Å². The van der Waals surface area contributed by atoms with E-state index < -0.39 is 36.0 Å². The first kappa shape index (κ1) is 23.5. The van der Waals surface area contributed by atoms with Crippen molar-refractivity contribution in [3.63, 3.8) is 0 Å². The molecular formula is C18H28N2O6. The Balaban J connectivity index is 0.000000660. The van der Waals surface area contributed by atoms with Crippen LogP contribution in [0, 0.1) is 5.92 Å². The smallest absolute Gasteiger partial charge is 0.320 e. The summed E-state index contributed by atoms with van der Waals surface area (Å²) in [5.41, 5.74) is 6.20. The van der Waals surface area contributed by atoms with Gasteiger partial charge in [0, 0.05) is 0 Å². The lowest BCUT2D eigenvalue weighted by atomic mass is 10.0. The van der Waals surface area contributed by atoms with Gasteiger partial charge in [-0.15, -0.1) is 0 Å². The minimum atomic E-state index is -1.05. The maximum absolute atomic E-state index is 11.0. The number of nitrogens with one attached hydrogen (secondary N) is 1. The summed E-state index contributed by atoms with van der Waals surface area (Å²) in [7, 11) is 0. The average Bonchev–Trinajstić information content (AvgIpc) is 2.58. The van der Waals surface area contributed by atoms with Crippen LogP contribution in [0.3, 0.4) is 0 Å². The van der Waals surface area contributed by atoms with Gasteiger partial charge in [-0.05, 0) is 31.2 Å². The molecular weight excluding hydrogens is 340 g/mol. The van der Waals surface area contributed by atoms with Gasteiger partial charge >= 0.3 is 17.9 Å². The molecule has 0 spiro atoms. The molecule has 8 heteroatoms. The molecule has 0 saturated heterocycles. The Morgan fingerprint density at radius 1 is 0.962 bits per heavy atom. The van der Waals surface area contributed by atoms with Gasteiger partial charge in [-0.2, -0.15) is 0 Å². The molecule has 0 aromatic heterocycles. The third-order valence-corrected chi connectivity index (χ3v) is 3.69. The van der Waals surface area contributed by atoms with Crippen LogP contribution in [0.4, 0.5) is 0 Å². The summed E-state index contributed by atoms with van der Waals surface area (Å²) >= 11 is 0. The number of rotatable bonds is 9. The molecule has 0 saturated carbocycles. The Hall–Kier alpha value is -2.45. The van der Waals surface area contributed by atoms with Gasteiger partial charge in [0.1, 0.15) is 18.1 Å². The molecule has 0 aliphatic heterocycles. The highest BCUT2D eigenvalue weighted by atomic mass is 16.4. The quantitative estimate of drug-likeness (QED) is 0.436. The van der Waals surface area contributed by atoms with Crippen molar-refractivity contribution in [3.8, 4) is 0 Å². The molecule has 6 N–H and O–H groups in total. The van der Waals surface area contributed by atoms with E-state index in [-0.39, 0.29) is 5.92 Å². The highest BCUT2D eigenvalue weighted by Gasteiger charge is 2.22. The summed E-state index contributed by atoms with van der Waals surface area (Å²) in [6, 6.07) is 7.06. The van der Waals surface area contributed by atoms with Gasteiger partial charge in [0.25, 0.3) is 0 Å². The number of benzene rings is 1. The fourth-order valence-electron chi connectivity index (χ4n) is 1.89. The Bertz CT molecular complexity index is 576. The zero-order chi connectivity index (χ0) is 20.3. The van der Waals surface area contributed by atoms with Crippen LogP contribution in [-0.2, 0) is 20.8 Å². The van der Waals surface area contributed by atoms with E-state index >= 15 is 0 Å². The lowest BCUT2D eigenvalue weighted by molar-refractivity contribution is -0.142. The third-order valence-electron chi connectivity index (χ3n) is 3.69.